The van der Waals surface area contributed by atoms with E-state index in [0.29, 0.717) is 11.0 Å². The highest BCUT2D eigenvalue weighted by atomic mass is 32.1. The number of hydrogen-bond acceptors (Lipinski definition) is 4. The van der Waals surface area contributed by atoms with E-state index in [1.165, 1.54) is 0 Å². The van der Waals surface area contributed by atoms with Gasteiger partial charge in [-0.15, -0.1) is 0 Å². The van der Waals surface area contributed by atoms with Gasteiger partial charge in [0.15, 0.2) is 5.11 Å². The first kappa shape index (κ1) is 15.7. The second kappa shape index (κ2) is 6.91. The molecule has 2 atom stereocenters. The Morgan fingerprint density at radius 2 is 2.09 bits per heavy atom. The minimum atomic E-state index is 0.285. The van der Waals surface area contributed by atoms with Crippen LogP contribution in [0.15, 0.2) is 36.7 Å². The Morgan fingerprint density at radius 3 is 2.87 bits per heavy atom. The summed E-state index contributed by atoms with van der Waals surface area (Å²) in [7, 11) is 1.67. The zero-order valence-electron chi connectivity index (χ0n) is 13.2. The fourth-order valence-corrected chi connectivity index (χ4v) is 2.91. The third kappa shape index (κ3) is 3.59. The van der Waals surface area contributed by atoms with Gasteiger partial charge < -0.3 is 15.4 Å². The molecular formula is C17H20N4OS. The van der Waals surface area contributed by atoms with Crippen LogP contribution in [0.1, 0.15) is 30.5 Å². The van der Waals surface area contributed by atoms with E-state index in [0.717, 1.165) is 35.7 Å². The zero-order valence-corrected chi connectivity index (χ0v) is 14.1. The van der Waals surface area contributed by atoms with E-state index in [1.807, 2.05) is 18.2 Å². The van der Waals surface area contributed by atoms with Gasteiger partial charge >= 0.3 is 0 Å². The monoisotopic (exact) mass is 328 g/mol. The number of aromatic nitrogens is 2. The van der Waals surface area contributed by atoms with Crippen LogP contribution in [0.5, 0.6) is 5.75 Å². The van der Waals surface area contributed by atoms with Gasteiger partial charge in [-0.3, -0.25) is 4.98 Å². The lowest BCUT2D eigenvalue weighted by molar-refractivity contribution is 0.406. The number of pyridine rings is 2. The maximum absolute atomic E-state index is 5.41. The summed E-state index contributed by atoms with van der Waals surface area (Å²) in [5.41, 5.74) is 2.14. The molecule has 2 unspecified atom stereocenters. The Morgan fingerprint density at radius 1 is 1.30 bits per heavy atom. The highest BCUT2D eigenvalue weighted by Gasteiger charge is 2.41. The molecule has 2 aromatic heterocycles. The maximum Gasteiger partial charge on any atom is 0.172 e. The van der Waals surface area contributed by atoms with Crippen molar-refractivity contribution in [3.8, 4) is 5.75 Å². The van der Waals surface area contributed by atoms with Crippen molar-refractivity contribution in [3.63, 3.8) is 0 Å². The van der Waals surface area contributed by atoms with E-state index < -0.39 is 0 Å². The van der Waals surface area contributed by atoms with Gasteiger partial charge in [-0.05, 0) is 48.8 Å². The van der Waals surface area contributed by atoms with Crippen molar-refractivity contribution in [2.75, 3.05) is 12.4 Å². The molecule has 3 rings (SSSR count). The van der Waals surface area contributed by atoms with Crippen molar-refractivity contribution in [2.24, 2.45) is 0 Å². The molecule has 6 heteroatoms. The van der Waals surface area contributed by atoms with E-state index in [-0.39, 0.29) is 6.04 Å². The fraction of sp³-hybridized carbons (Fsp3) is 0.353. The molecule has 0 amide bonds. The molecule has 0 radical (unpaired) electrons. The summed E-state index contributed by atoms with van der Waals surface area (Å²) in [4.78, 5) is 8.79. The van der Waals surface area contributed by atoms with Crippen LogP contribution in [0.4, 0.5) is 5.82 Å². The smallest absolute Gasteiger partial charge is 0.172 e. The van der Waals surface area contributed by atoms with E-state index in [2.05, 4.69) is 33.6 Å². The van der Waals surface area contributed by atoms with Gasteiger partial charge in [0, 0.05) is 24.4 Å². The van der Waals surface area contributed by atoms with Gasteiger partial charge in [-0.2, -0.15) is 0 Å². The predicted molar refractivity (Wildman–Crippen MR) is 94.9 cm³/mol. The molecule has 0 aliphatic heterocycles. The Bertz CT molecular complexity index is 706. The molecule has 5 nitrogen and oxygen atoms in total. The molecule has 0 aromatic carbocycles. The van der Waals surface area contributed by atoms with Crippen LogP contribution in [0.2, 0.25) is 0 Å². The van der Waals surface area contributed by atoms with Crippen molar-refractivity contribution in [2.45, 2.75) is 31.7 Å². The second-order valence-electron chi connectivity index (χ2n) is 5.50. The fourth-order valence-electron chi connectivity index (χ4n) is 2.66. The van der Waals surface area contributed by atoms with Crippen LogP contribution in [0.3, 0.4) is 0 Å². The number of ether oxygens (including phenoxy) is 1. The third-order valence-electron chi connectivity index (χ3n) is 3.98. The quantitative estimate of drug-likeness (QED) is 0.823. The molecule has 2 aromatic rings. The van der Waals surface area contributed by atoms with Crippen molar-refractivity contribution < 1.29 is 4.74 Å². The Hall–Kier alpha value is -2.21. The number of hydrogen-bond donors (Lipinski definition) is 2. The summed E-state index contributed by atoms with van der Waals surface area (Å²) in [5, 5.41) is 7.13. The minimum Gasteiger partial charge on any atom is -0.495 e. The lowest BCUT2D eigenvalue weighted by atomic mass is 10.2. The van der Waals surface area contributed by atoms with E-state index in [9.17, 15) is 0 Å². The lowest BCUT2D eigenvalue weighted by Crippen LogP contribution is -2.31. The van der Waals surface area contributed by atoms with Gasteiger partial charge in [-0.1, -0.05) is 13.0 Å². The van der Waals surface area contributed by atoms with Crippen LogP contribution in [0.25, 0.3) is 0 Å². The van der Waals surface area contributed by atoms with Crippen LogP contribution >= 0.6 is 12.2 Å². The van der Waals surface area contributed by atoms with Crippen molar-refractivity contribution in [1.29, 1.82) is 0 Å². The SMILES string of the molecule is CCc1cccnc1NC(=S)NC1CC1c1ncccc1OC. The Balaban J connectivity index is 1.60. The topological polar surface area (TPSA) is 59.1 Å². The van der Waals surface area contributed by atoms with Crippen LogP contribution in [0, 0.1) is 0 Å². The molecule has 23 heavy (non-hydrogen) atoms. The van der Waals surface area contributed by atoms with Gasteiger partial charge in [0.25, 0.3) is 0 Å². The summed E-state index contributed by atoms with van der Waals surface area (Å²) >= 11 is 5.41. The number of anilines is 1. The number of methoxy groups -OCH3 is 1. The first-order valence-corrected chi connectivity index (χ1v) is 8.14. The summed E-state index contributed by atoms with van der Waals surface area (Å²) in [5.74, 6) is 1.99. The highest BCUT2D eigenvalue weighted by Crippen LogP contribution is 2.43. The normalized spacial score (nSPS) is 19.0. The van der Waals surface area contributed by atoms with Crippen molar-refractivity contribution >= 4 is 23.1 Å². The maximum atomic E-state index is 5.41. The summed E-state index contributed by atoms with van der Waals surface area (Å²) in [6, 6.07) is 8.09. The van der Waals surface area contributed by atoms with Crippen LogP contribution in [-0.2, 0) is 6.42 Å². The third-order valence-corrected chi connectivity index (χ3v) is 4.20. The average Bonchev–Trinajstić information content (AvgIpc) is 3.34. The number of rotatable bonds is 5. The van der Waals surface area contributed by atoms with Crippen LogP contribution in [-0.4, -0.2) is 28.2 Å². The number of thiocarbonyl (C=S) groups is 1. The zero-order chi connectivity index (χ0) is 16.2. The van der Waals surface area contributed by atoms with Gasteiger partial charge in [0.2, 0.25) is 0 Å². The van der Waals surface area contributed by atoms with Gasteiger partial charge in [0.1, 0.15) is 11.6 Å². The molecule has 2 heterocycles. The summed E-state index contributed by atoms with van der Waals surface area (Å²) in [6.07, 6.45) is 5.47. The van der Waals surface area contributed by atoms with Gasteiger partial charge in [-0.25, -0.2) is 4.98 Å². The largest absolute Gasteiger partial charge is 0.495 e. The Kier molecular flexibility index (Phi) is 4.71. The van der Waals surface area contributed by atoms with Crippen LogP contribution < -0.4 is 15.4 Å². The molecule has 0 spiro atoms. The van der Waals surface area contributed by atoms with E-state index >= 15 is 0 Å². The second-order valence-corrected chi connectivity index (χ2v) is 5.91. The minimum absolute atomic E-state index is 0.285. The molecule has 120 valence electrons. The molecule has 1 saturated carbocycles. The van der Waals surface area contributed by atoms with Crippen molar-refractivity contribution in [1.82, 2.24) is 15.3 Å². The molecular weight excluding hydrogens is 308 g/mol. The first-order chi connectivity index (χ1) is 11.2. The molecule has 0 bridgehead atoms. The predicted octanol–water partition coefficient (Wildman–Crippen LogP) is 2.89. The number of aryl methyl sites for hydroxylation is 1. The number of nitrogens with zero attached hydrogens (tertiary/aromatic N) is 2. The Labute approximate surface area is 141 Å². The standard InChI is InChI=1S/C17H20N4OS/c1-3-11-6-4-9-19-16(11)21-17(23)20-13-10-12(13)15-14(22-2)7-5-8-18-15/h4-9,12-13H,3,10H2,1-2H3,(H2,19,20,21,23). The average molecular weight is 328 g/mol. The lowest BCUT2D eigenvalue weighted by Gasteiger charge is -2.12. The first-order valence-electron chi connectivity index (χ1n) is 7.73. The van der Waals surface area contributed by atoms with Gasteiger partial charge in [0.05, 0.1) is 12.8 Å². The molecule has 1 aliphatic carbocycles. The van der Waals surface area contributed by atoms with Crippen molar-refractivity contribution in [3.05, 3.63) is 47.9 Å². The molecule has 2 N–H and O–H groups in total. The van der Waals surface area contributed by atoms with E-state index in [1.54, 1.807) is 19.5 Å². The summed E-state index contributed by atoms with van der Waals surface area (Å²) < 4.78 is 5.38. The molecule has 0 saturated heterocycles. The molecule has 1 fully saturated rings. The summed E-state index contributed by atoms with van der Waals surface area (Å²) in [6.45, 7) is 2.10. The molecule has 1 aliphatic rings. The number of nitrogens with one attached hydrogen (secondary N) is 2. The van der Waals surface area contributed by atoms with E-state index in [4.69, 9.17) is 17.0 Å². The highest BCUT2D eigenvalue weighted by molar-refractivity contribution is 7.80.